The number of nitrogens with one attached hydrogen (secondary N) is 1. The predicted octanol–water partition coefficient (Wildman–Crippen LogP) is 3.27. The fourth-order valence-corrected chi connectivity index (χ4v) is 3.11. The molecule has 0 radical (unpaired) electrons. The SMILES string of the molecule is CCCNc1cc(-c2ccc(C(=O)N3CCN(C)CC3)nc2)ccc1C. The van der Waals surface area contributed by atoms with Gasteiger partial charge in [0.1, 0.15) is 5.69 Å². The van der Waals surface area contributed by atoms with Crippen molar-refractivity contribution in [3.8, 4) is 11.1 Å². The second kappa shape index (κ2) is 8.32. The molecule has 0 spiro atoms. The largest absolute Gasteiger partial charge is 0.385 e. The first-order valence-corrected chi connectivity index (χ1v) is 9.37. The van der Waals surface area contributed by atoms with Gasteiger partial charge < -0.3 is 15.1 Å². The number of aromatic nitrogens is 1. The molecule has 3 rings (SSSR count). The van der Waals surface area contributed by atoms with Crippen molar-refractivity contribution in [1.29, 1.82) is 0 Å². The fraction of sp³-hybridized carbons (Fsp3) is 0.429. The Labute approximate surface area is 156 Å². The molecule has 1 aromatic heterocycles. The molecule has 1 aliphatic heterocycles. The first-order valence-electron chi connectivity index (χ1n) is 9.37. The number of carbonyl (C=O) groups is 1. The molecule has 5 heteroatoms. The summed E-state index contributed by atoms with van der Waals surface area (Å²) in [6, 6.07) is 10.2. The van der Waals surface area contributed by atoms with Gasteiger partial charge in [-0.1, -0.05) is 25.1 Å². The molecule has 0 atom stereocenters. The van der Waals surface area contributed by atoms with E-state index in [-0.39, 0.29) is 5.91 Å². The smallest absolute Gasteiger partial charge is 0.272 e. The van der Waals surface area contributed by atoms with Crippen molar-refractivity contribution in [2.45, 2.75) is 20.3 Å². The summed E-state index contributed by atoms with van der Waals surface area (Å²) in [4.78, 5) is 21.2. The minimum absolute atomic E-state index is 0.0267. The number of likely N-dealkylation sites (N-methyl/N-ethyl adjacent to an activating group) is 1. The Balaban J connectivity index is 1.74. The zero-order chi connectivity index (χ0) is 18.5. The highest BCUT2D eigenvalue weighted by Crippen LogP contribution is 2.25. The standard InChI is InChI=1S/C21H28N4O/c1-4-9-22-20-14-17(6-5-16(20)2)18-7-8-19(23-15-18)21(26)25-12-10-24(3)11-13-25/h5-8,14-15,22H,4,9-13H2,1-3H3. The lowest BCUT2D eigenvalue weighted by molar-refractivity contribution is 0.0658. The third-order valence-corrected chi connectivity index (χ3v) is 4.91. The van der Waals surface area contributed by atoms with E-state index in [1.807, 2.05) is 17.0 Å². The number of anilines is 1. The molecule has 2 aromatic rings. The highest BCUT2D eigenvalue weighted by atomic mass is 16.2. The van der Waals surface area contributed by atoms with Crippen LogP contribution in [0, 0.1) is 6.92 Å². The third kappa shape index (κ3) is 4.22. The van der Waals surface area contributed by atoms with Crippen molar-refractivity contribution in [1.82, 2.24) is 14.8 Å². The van der Waals surface area contributed by atoms with E-state index in [2.05, 4.69) is 54.3 Å². The molecule has 1 saturated heterocycles. The average Bonchev–Trinajstić information content (AvgIpc) is 2.67. The number of rotatable bonds is 5. The summed E-state index contributed by atoms with van der Waals surface area (Å²) in [6.45, 7) is 8.60. The fourth-order valence-electron chi connectivity index (χ4n) is 3.11. The van der Waals surface area contributed by atoms with Crippen LogP contribution in [0.15, 0.2) is 36.5 Å². The van der Waals surface area contributed by atoms with Gasteiger partial charge in [0.05, 0.1) is 0 Å². The molecule has 5 nitrogen and oxygen atoms in total. The zero-order valence-corrected chi connectivity index (χ0v) is 16.0. The Morgan fingerprint density at radius 3 is 2.50 bits per heavy atom. The predicted molar refractivity (Wildman–Crippen MR) is 107 cm³/mol. The molecule has 1 amide bonds. The Kier molecular flexibility index (Phi) is 5.89. The summed E-state index contributed by atoms with van der Waals surface area (Å²) in [5.74, 6) is 0.0267. The van der Waals surface area contributed by atoms with E-state index in [9.17, 15) is 4.79 Å². The average molecular weight is 352 g/mol. The number of hydrogen-bond acceptors (Lipinski definition) is 4. The molecule has 1 aliphatic rings. The van der Waals surface area contributed by atoms with Gasteiger partial charge in [-0.15, -0.1) is 0 Å². The lowest BCUT2D eigenvalue weighted by Crippen LogP contribution is -2.47. The van der Waals surface area contributed by atoms with E-state index >= 15 is 0 Å². The Morgan fingerprint density at radius 1 is 1.12 bits per heavy atom. The second-order valence-corrected chi connectivity index (χ2v) is 6.98. The zero-order valence-electron chi connectivity index (χ0n) is 16.0. The van der Waals surface area contributed by atoms with Crippen molar-refractivity contribution in [2.24, 2.45) is 0 Å². The number of aryl methyl sites for hydroxylation is 1. The van der Waals surface area contributed by atoms with Gasteiger partial charge in [0, 0.05) is 50.2 Å². The van der Waals surface area contributed by atoms with Crippen molar-refractivity contribution in [2.75, 3.05) is 45.1 Å². The number of benzene rings is 1. The normalized spacial score (nSPS) is 15.1. The molecular weight excluding hydrogens is 324 g/mol. The van der Waals surface area contributed by atoms with Crippen LogP contribution in [0.25, 0.3) is 11.1 Å². The Morgan fingerprint density at radius 2 is 1.85 bits per heavy atom. The molecule has 0 aliphatic carbocycles. The summed E-state index contributed by atoms with van der Waals surface area (Å²) >= 11 is 0. The summed E-state index contributed by atoms with van der Waals surface area (Å²) in [5.41, 5.74) is 5.05. The molecule has 0 saturated carbocycles. The number of hydrogen-bond donors (Lipinski definition) is 1. The number of piperazine rings is 1. The van der Waals surface area contributed by atoms with E-state index in [4.69, 9.17) is 0 Å². The van der Waals surface area contributed by atoms with Gasteiger partial charge >= 0.3 is 0 Å². The van der Waals surface area contributed by atoms with E-state index in [1.54, 1.807) is 6.20 Å². The monoisotopic (exact) mass is 352 g/mol. The van der Waals surface area contributed by atoms with Gasteiger partial charge in [0.15, 0.2) is 0 Å². The maximum absolute atomic E-state index is 12.6. The van der Waals surface area contributed by atoms with Crippen molar-refractivity contribution < 1.29 is 4.79 Å². The van der Waals surface area contributed by atoms with Crippen LogP contribution in [0.3, 0.4) is 0 Å². The quantitative estimate of drug-likeness (QED) is 0.897. The maximum atomic E-state index is 12.6. The van der Waals surface area contributed by atoms with Crippen molar-refractivity contribution in [3.63, 3.8) is 0 Å². The van der Waals surface area contributed by atoms with Gasteiger partial charge in [-0.3, -0.25) is 9.78 Å². The van der Waals surface area contributed by atoms with Gasteiger partial charge in [-0.2, -0.15) is 0 Å². The highest BCUT2D eigenvalue weighted by Gasteiger charge is 2.21. The molecule has 1 N–H and O–H groups in total. The molecule has 0 unspecified atom stereocenters. The number of nitrogens with zero attached hydrogens (tertiary/aromatic N) is 3. The maximum Gasteiger partial charge on any atom is 0.272 e. The van der Waals surface area contributed by atoms with Crippen LogP contribution in [0.4, 0.5) is 5.69 Å². The molecule has 1 aromatic carbocycles. The molecule has 2 heterocycles. The Bertz CT molecular complexity index is 749. The summed E-state index contributed by atoms with van der Waals surface area (Å²) in [7, 11) is 2.08. The molecule has 138 valence electrons. The molecular formula is C21H28N4O. The van der Waals surface area contributed by atoms with E-state index in [0.29, 0.717) is 5.69 Å². The number of pyridine rings is 1. The van der Waals surface area contributed by atoms with E-state index in [0.717, 1.165) is 56.0 Å². The summed E-state index contributed by atoms with van der Waals surface area (Å²) in [6.07, 6.45) is 2.89. The van der Waals surface area contributed by atoms with Crippen LogP contribution in [0.5, 0.6) is 0 Å². The van der Waals surface area contributed by atoms with Crippen molar-refractivity contribution >= 4 is 11.6 Å². The molecule has 1 fully saturated rings. The number of amides is 1. The topological polar surface area (TPSA) is 48.5 Å². The second-order valence-electron chi connectivity index (χ2n) is 6.98. The van der Waals surface area contributed by atoms with E-state index in [1.165, 1.54) is 5.56 Å². The highest BCUT2D eigenvalue weighted by molar-refractivity contribution is 5.92. The lowest BCUT2D eigenvalue weighted by atomic mass is 10.0. The van der Waals surface area contributed by atoms with Gasteiger partial charge in [0.25, 0.3) is 5.91 Å². The first kappa shape index (κ1) is 18.4. The van der Waals surface area contributed by atoms with Crippen LogP contribution < -0.4 is 5.32 Å². The van der Waals surface area contributed by atoms with Crippen LogP contribution >= 0.6 is 0 Å². The minimum Gasteiger partial charge on any atom is -0.385 e. The lowest BCUT2D eigenvalue weighted by Gasteiger charge is -2.32. The van der Waals surface area contributed by atoms with Crippen LogP contribution in [0.1, 0.15) is 29.4 Å². The summed E-state index contributed by atoms with van der Waals surface area (Å²) < 4.78 is 0. The van der Waals surface area contributed by atoms with Crippen LogP contribution in [0.2, 0.25) is 0 Å². The molecule has 26 heavy (non-hydrogen) atoms. The first-order chi connectivity index (χ1) is 12.6. The van der Waals surface area contributed by atoms with Crippen LogP contribution in [-0.4, -0.2) is 60.5 Å². The minimum atomic E-state index is 0.0267. The Hall–Kier alpha value is -2.40. The van der Waals surface area contributed by atoms with Gasteiger partial charge in [-0.25, -0.2) is 0 Å². The van der Waals surface area contributed by atoms with Crippen molar-refractivity contribution in [3.05, 3.63) is 47.8 Å². The van der Waals surface area contributed by atoms with Gasteiger partial charge in [-0.05, 0) is 43.7 Å². The number of carbonyl (C=O) groups excluding carboxylic acids is 1. The summed E-state index contributed by atoms with van der Waals surface area (Å²) in [5, 5.41) is 3.46. The van der Waals surface area contributed by atoms with E-state index < -0.39 is 0 Å². The van der Waals surface area contributed by atoms with Gasteiger partial charge in [0.2, 0.25) is 0 Å². The molecule has 0 bridgehead atoms. The van der Waals surface area contributed by atoms with Crippen LogP contribution in [-0.2, 0) is 0 Å². The third-order valence-electron chi connectivity index (χ3n) is 4.91.